The predicted octanol–water partition coefficient (Wildman–Crippen LogP) is 4.57. The molecule has 0 aliphatic carbocycles. The molecule has 0 saturated heterocycles. The molecule has 3 aromatic carbocycles. The Hall–Kier alpha value is -4.33. The van der Waals surface area contributed by atoms with E-state index in [-0.39, 0.29) is 11.5 Å². The van der Waals surface area contributed by atoms with E-state index >= 15 is 0 Å². The third-order valence-electron chi connectivity index (χ3n) is 6.44. The molecule has 1 spiro atoms. The fraction of sp³-hybridized carbons (Fsp3) is 0.250. The summed E-state index contributed by atoms with van der Waals surface area (Å²) in [6.07, 6.45) is 0.874. The molecular weight excluding hydrogens is 460 g/mol. The molecule has 0 fully saturated rings. The summed E-state index contributed by atoms with van der Waals surface area (Å²) in [5.41, 5.74) is 0.671. The number of para-hydroxylation sites is 1. The van der Waals surface area contributed by atoms with Crippen molar-refractivity contribution < 1.29 is 28.6 Å². The largest absolute Gasteiger partial charge is 0.497 e. The van der Waals surface area contributed by atoms with Gasteiger partial charge in [0.05, 0.1) is 20.8 Å². The van der Waals surface area contributed by atoms with Crippen LogP contribution >= 0.6 is 0 Å². The predicted molar refractivity (Wildman–Crippen MR) is 134 cm³/mol. The fourth-order valence-corrected chi connectivity index (χ4v) is 4.68. The Labute approximate surface area is 208 Å². The van der Waals surface area contributed by atoms with Crippen molar-refractivity contribution in [2.75, 3.05) is 26.1 Å². The standard InChI is InChI=1S/C28H26N2O6/c1-4-15-35-18-11-9-17(10-12-18)26(31)24-25(20-16-19(33-2)13-14-23(20)34-3)30-36-28(24)21-7-5-6-8-22(21)29-27(28)32/h5-14,16,24H,4,15H2,1-3H3,(H,29,32)/t24-,28+/m0/s1. The molecule has 2 atom stereocenters. The zero-order valence-electron chi connectivity index (χ0n) is 20.2. The Kier molecular flexibility index (Phi) is 6.10. The smallest absolute Gasteiger partial charge is 0.277 e. The van der Waals surface area contributed by atoms with Crippen LogP contribution in [-0.4, -0.2) is 38.2 Å². The highest BCUT2D eigenvalue weighted by molar-refractivity contribution is 6.25. The number of ketones is 1. The van der Waals surface area contributed by atoms with E-state index in [0.29, 0.717) is 46.2 Å². The number of nitrogens with one attached hydrogen (secondary N) is 1. The Morgan fingerprint density at radius 3 is 2.50 bits per heavy atom. The Bertz CT molecular complexity index is 1350. The van der Waals surface area contributed by atoms with Crippen LogP contribution in [0.3, 0.4) is 0 Å². The molecule has 3 aromatic rings. The van der Waals surface area contributed by atoms with Crippen molar-refractivity contribution in [2.45, 2.75) is 18.9 Å². The van der Waals surface area contributed by atoms with Gasteiger partial charge in [-0.2, -0.15) is 0 Å². The van der Waals surface area contributed by atoms with Crippen LogP contribution in [0, 0.1) is 5.92 Å². The fourth-order valence-electron chi connectivity index (χ4n) is 4.68. The number of carbonyl (C=O) groups excluding carboxylic acids is 2. The van der Waals surface area contributed by atoms with Crippen LogP contribution in [0.1, 0.15) is 34.8 Å². The first-order valence-corrected chi connectivity index (χ1v) is 11.7. The van der Waals surface area contributed by atoms with Crippen molar-refractivity contribution in [2.24, 2.45) is 11.1 Å². The molecule has 2 aliphatic rings. The maximum atomic E-state index is 14.2. The molecule has 8 nitrogen and oxygen atoms in total. The van der Waals surface area contributed by atoms with Crippen LogP contribution in [-0.2, 0) is 15.2 Å². The molecule has 0 bridgehead atoms. The molecular formula is C28H26N2O6. The van der Waals surface area contributed by atoms with Crippen molar-refractivity contribution in [3.8, 4) is 17.2 Å². The SMILES string of the molecule is CCCOc1ccc(C(=O)[C@@H]2C(c3cc(OC)ccc3OC)=NO[C@@]23C(=O)Nc2ccccc23)cc1. The third-order valence-corrected chi connectivity index (χ3v) is 6.44. The van der Waals surface area contributed by atoms with Crippen LogP contribution in [0.15, 0.2) is 71.9 Å². The molecule has 0 saturated carbocycles. The van der Waals surface area contributed by atoms with Gasteiger partial charge in [0, 0.05) is 22.4 Å². The first-order valence-electron chi connectivity index (χ1n) is 11.7. The second kappa shape index (κ2) is 9.37. The van der Waals surface area contributed by atoms with E-state index in [1.54, 1.807) is 67.8 Å². The quantitative estimate of drug-likeness (QED) is 0.469. The summed E-state index contributed by atoms with van der Waals surface area (Å²) < 4.78 is 16.6. The van der Waals surface area contributed by atoms with Crippen molar-refractivity contribution in [3.63, 3.8) is 0 Å². The molecule has 2 aliphatic heterocycles. The monoisotopic (exact) mass is 486 g/mol. The lowest BCUT2D eigenvalue weighted by Gasteiger charge is -2.27. The Morgan fingerprint density at radius 2 is 1.78 bits per heavy atom. The number of benzene rings is 3. The van der Waals surface area contributed by atoms with E-state index in [4.69, 9.17) is 19.0 Å². The zero-order chi connectivity index (χ0) is 25.3. The highest BCUT2D eigenvalue weighted by atomic mass is 16.7. The first-order chi connectivity index (χ1) is 17.5. The molecule has 0 aromatic heterocycles. The molecule has 36 heavy (non-hydrogen) atoms. The second-order valence-electron chi connectivity index (χ2n) is 8.54. The van der Waals surface area contributed by atoms with Gasteiger partial charge in [-0.1, -0.05) is 30.3 Å². The van der Waals surface area contributed by atoms with E-state index in [1.165, 1.54) is 7.11 Å². The van der Waals surface area contributed by atoms with E-state index in [9.17, 15) is 9.59 Å². The average Bonchev–Trinajstić information content (AvgIpc) is 3.45. The van der Waals surface area contributed by atoms with Crippen molar-refractivity contribution in [1.29, 1.82) is 0 Å². The van der Waals surface area contributed by atoms with E-state index in [1.807, 2.05) is 13.0 Å². The van der Waals surface area contributed by atoms with E-state index in [2.05, 4.69) is 10.5 Å². The minimum absolute atomic E-state index is 0.286. The lowest BCUT2D eigenvalue weighted by atomic mass is 9.74. The van der Waals surface area contributed by atoms with Crippen LogP contribution in [0.4, 0.5) is 5.69 Å². The zero-order valence-corrected chi connectivity index (χ0v) is 20.2. The van der Waals surface area contributed by atoms with Gasteiger partial charge < -0.3 is 24.4 Å². The Balaban J connectivity index is 1.65. The first kappa shape index (κ1) is 23.4. The van der Waals surface area contributed by atoms with Gasteiger partial charge in [-0.15, -0.1) is 0 Å². The van der Waals surface area contributed by atoms with E-state index < -0.39 is 17.4 Å². The van der Waals surface area contributed by atoms with Gasteiger partial charge in [0.2, 0.25) is 0 Å². The summed E-state index contributed by atoms with van der Waals surface area (Å²) in [6, 6.07) is 19.2. The number of methoxy groups -OCH3 is 2. The second-order valence-corrected chi connectivity index (χ2v) is 8.54. The third kappa shape index (κ3) is 3.66. The van der Waals surface area contributed by atoms with Gasteiger partial charge in [-0.25, -0.2) is 0 Å². The minimum atomic E-state index is -1.66. The van der Waals surface area contributed by atoms with E-state index in [0.717, 1.165) is 6.42 Å². The van der Waals surface area contributed by atoms with Crippen molar-refractivity contribution >= 4 is 23.1 Å². The molecule has 2 heterocycles. The number of anilines is 1. The normalized spacial score (nSPS) is 19.8. The van der Waals surface area contributed by atoms with Crippen LogP contribution < -0.4 is 19.5 Å². The highest BCUT2D eigenvalue weighted by Crippen LogP contribution is 2.50. The lowest BCUT2D eigenvalue weighted by molar-refractivity contribution is -0.140. The van der Waals surface area contributed by atoms with Crippen molar-refractivity contribution in [1.82, 2.24) is 0 Å². The van der Waals surface area contributed by atoms with Gasteiger partial charge >= 0.3 is 0 Å². The topological polar surface area (TPSA) is 95.5 Å². The molecule has 8 heteroatoms. The molecule has 0 unspecified atom stereocenters. The molecule has 0 radical (unpaired) electrons. The van der Waals surface area contributed by atoms with Gasteiger partial charge in [0.25, 0.3) is 11.5 Å². The summed E-state index contributed by atoms with van der Waals surface area (Å²) >= 11 is 0. The van der Waals surface area contributed by atoms with Gasteiger partial charge in [0.15, 0.2) is 5.78 Å². The van der Waals surface area contributed by atoms with Crippen LogP contribution in [0.2, 0.25) is 0 Å². The number of oxime groups is 1. The van der Waals surface area contributed by atoms with Crippen LogP contribution in [0.5, 0.6) is 17.2 Å². The molecule has 1 N–H and O–H groups in total. The maximum absolute atomic E-state index is 14.2. The summed E-state index contributed by atoms with van der Waals surface area (Å²) in [7, 11) is 3.08. The number of ether oxygens (including phenoxy) is 3. The van der Waals surface area contributed by atoms with Gasteiger partial charge in [-0.05, 0) is 55.0 Å². The molecule has 5 rings (SSSR count). The van der Waals surface area contributed by atoms with Gasteiger partial charge in [0.1, 0.15) is 28.9 Å². The number of fused-ring (bicyclic) bond motifs is 2. The highest BCUT2D eigenvalue weighted by Gasteiger charge is 2.63. The molecule has 1 amide bonds. The maximum Gasteiger partial charge on any atom is 0.277 e. The summed E-state index contributed by atoms with van der Waals surface area (Å²) in [5, 5.41) is 7.19. The number of Topliss-reactive ketones (excluding diaryl/α,β-unsaturated/α-hetero) is 1. The summed E-state index contributed by atoms with van der Waals surface area (Å²) in [6.45, 7) is 2.60. The Morgan fingerprint density at radius 1 is 1.03 bits per heavy atom. The molecule has 184 valence electrons. The van der Waals surface area contributed by atoms with Crippen LogP contribution in [0.25, 0.3) is 0 Å². The number of amides is 1. The summed E-state index contributed by atoms with van der Waals surface area (Å²) in [5.74, 6) is -0.157. The van der Waals surface area contributed by atoms with Crippen molar-refractivity contribution in [3.05, 3.63) is 83.4 Å². The number of hydrogen-bond acceptors (Lipinski definition) is 7. The lowest BCUT2D eigenvalue weighted by Crippen LogP contribution is -2.46. The number of carbonyl (C=O) groups is 2. The average molecular weight is 487 g/mol. The number of rotatable bonds is 8. The van der Waals surface area contributed by atoms with Gasteiger partial charge in [-0.3, -0.25) is 9.59 Å². The number of hydrogen-bond donors (Lipinski definition) is 1. The number of nitrogens with zero attached hydrogens (tertiary/aromatic N) is 1. The minimum Gasteiger partial charge on any atom is -0.497 e. The summed E-state index contributed by atoms with van der Waals surface area (Å²) in [4.78, 5) is 33.6.